The number of fused-ring (bicyclic) bond motifs is 1. The first kappa shape index (κ1) is 10.7. The van der Waals surface area contributed by atoms with Gasteiger partial charge >= 0.3 is 0 Å². The third kappa shape index (κ3) is 2.32. The fraction of sp³-hybridized carbons (Fsp3) is 0.200. The molecule has 0 bridgehead atoms. The van der Waals surface area contributed by atoms with Gasteiger partial charge in [-0.3, -0.25) is 0 Å². The van der Waals surface area contributed by atoms with Crippen LogP contribution in [0.15, 0.2) is 52.3 Å². The van der Waals surface area contributed by atoms with Crippen LogP contribution in [0.1, 0.15) is 17.5 Å². The minimum absolute atomic E-state index is 0.830. The smallest absolute Gasteiger partial charge is 0.0325 e. The number of anilines is 1. The Morgan fingerprint density at radius 3 is 2.59 bits per heavy atom. The summed E-state index contributed by atoms with van der Waals surface area (Å²) in [5.41, 5.74) is 9.68. The molecular formula is C15H15NS. The standard InChI is InChI=1S/C15H15NS/c16-13-5-2-6-14(10-13)17-15-8-7-11-3-1-4-12(11)9-15/h2,5-10H,1,3-4,16H2. The maximum Gasteiger partial charge on any atom is 0.0325 e. The maximum atomic E-state index is 5.79. The highest BCUT2D eigenvalue weighted by Crippen LogP contribution is 2.32. The highest BCUT2D eigenvalue weighted by Gasteiger charge is 2.11. The molecule has 0 fully saturated rings. The Morgan fingerprint density at radius 2 is 1.71 bits per heavy atom. The average molecular weight is 241 g/mol. The molecule has 0 spiro atoms. The lowest BCUT2D eigenvalue weighted by Gasteiger charge is -2.05. The van der Waals surface area contributed by atoms with Crippen LogP contribution in [0.25, 0.3) is 0 Å². The van der Waals surface area contributed by atoms with E-state index in [4.69, 9.17) is 5.73 Å². The van der Waals surface area contributed by atoms with E-state index in [0.29, 0.717) is 0 Å². The molecule has 0 unspecified atom stereocenters. The van der Waals surface area contributed by atoms with Gasteiger partial charge in [-0.25, -0.2) is 0 Å². The van der Waals surface area contributed by atoms with Crippen LogP contribution in [-0.4, -0.2) is 0 Å². The maximum absolute atomic E-state index is 5.79. The van der Waals surface area contributed by atoms with Crippen LogP contribution in [0.5, 0.6) is 0 Å². The summed E-state index contributed by atoms with van der Waals surface area (Å²) in [6, 6.07) is 14.9. The summed E-state index contributed by atoms with van der Waals surface area (Å²) in [6.07, 6.45) is 3.79. The second-order valence-electron chi connectivity index (χ2n) is 4.46. The molecule has 2 N–H and O–H groups in total. The van der Waals surface area contributed by atoms with E-state index in [1.807, 2.05) is 18.2 Å². The summed E-state index contributed by atoms with van der Waals surface area (Å²) in [7, 11) is 0. The Labute approximate surface area is 106 Å². The lowest BCUT2D eigenvalue weighted by molar-refractivity contribution is 0.911. The van der Waals surface area contributed by atoms with E-state index in [0.717, 1.165) is 5.69 Å². The molecule has 17 heavy (non-hydrogen) atoms. The van der Waals surface area contributed by atoms with Crippen molar-refractivity contribution in [3.8, 4) is 0 Å². The first-order valence-corrected chi connectivity index (χ1v) is 6.78. The molecule has 2 aromatic carbocycles. The molecule has 0 amide bonds. The van der Waals surface area contributed by atoms with Gasteiger partial charge < -0.3 is 5.73 Å². The van der Waals surface area contributed by atoms with E-state index in [1.54, 1.807) is 11.8 Å². The quantitative estimate of drug-likeness (QED) is 0.807. The number of hydrogen-bond donors (Lipinski definition) is 1. The Hall–Kier alpha value is -1.41. The Bertz CT molecular complexity index is 548. The Kier molecular flexibility index (Phi) is 2.81. The van der Waals surface area contributed by atoms with Gasteiger partial charge in [0.25, 0.3) is 0 Å². The summed E-state index contributed by atoms with van der Waals surface area (Å²) in [4.78, 5) is 2.53. The topological polar surface area (TPSA) is 26.0 Å². The minimum atomic E-state index is 0.830. The van der Waals surface area contributed by atoms with Gasteiger partial charge in [0.15, 0.2) is 0 Å². The second-order valence-corrected chi connectivity index (χ2v) is 5.61. The zero-order chi connectivity index (χ0) is 11.7. The number of nitrogen functional groups attached to an aromatic ring is 1. The monoisotopic (exact) mass is 241 g/mol. The summed E-state index contributed by atoms with van der Waals surface area (Å²) >= 11 is 1.79. The summed E-state index contributed by atoms with van der Waals surface area (Å²) in [5, 5.41) is 0. The van der Waals surface area contributed by atoms with E-state index < -0.39 is 0 Å². The van der Waals surface area contributed by atoms with E-state index in [2.05, 4.69) is 24.3 Å². The lowest BCUT2D eigenvalue weighted by atomic mass is 10.1. The van der Waals surface area contributed by atoms with E-state index in [1.165, 1.54) is 40.2 Å². The van der Waals surface area contributed by atoms with Crippen LogP contribution in [0.2, 0.25) is 0 Å². The number of rotatable bonds is 2. The molecule has 0 aromatic heterocycles. The minimum Gasteiger partial charge on any atom is -0.399 e. The molecule has 1 nitrogen and oxygen atoms in total. The summed E-state index contributed by atoms with van der Waals surface area (Å²) < 4.78 is 0. The van der Waals surface area contributed by atoms with Crippen molar-refractivity contribution >= 4 is 17.4 Å². The zero-order valence-corrected chi connectivity index (χ0v) is 10.5. The van der Waals surface area contributed by atoms with Gasteiger partial charge in [0.1, 0.15) is 0 Å². The SMILES string of the molecule is Nc1cccc(Sc2ccc3c(c2)CCC3)c1. The molecule has 2 heteroatoms. The number of nitrogens with two attached hydrogens (primary N) is 1. The Balaban J connectivity index is 1.86. The molecule has 3 rings (SSSR count). The highest BCUT2D eigenvalue weighted by atomic mass is 32.2. The predicted molar refractivity (Wildman–Crippen MR) is 73.4 cm³/mol. The van der Waals surface area contributed by atoms with Gasteiger partial charge in [-0.15, -0.1) is 0 Å². The van der Waals surface area contributed by atoms with Crippen molar-refractivity contribution in [3.05, 3.63) is 53.6 Å². The first-order valence-electron chi connectivity index (χ1n) is 5.96. The molecule has 1 aliphatic rings. The van der Waals surface area contributed by atoms with Gasteiger partial charge in [0, 0.05) is 15.5 Å². The molecule has 0 atom stereocenters. The van der Waals surface area contributed by atoms with Gasteiger partial charge in [-0.2, -0.15) is 0 Å². The van der Waals surface area contributed by atoms with Crippen molar-refractivity contribution in [3.63, 3.8) is 0 Å². The second kappa shape index (κ2) is 4.46. The van der Waals surface area contributed by atoms with Crippen LogP contribution >= 0.6 is 11.8 Å². The highest BCUT2D eigenvalue weighted by molar-refractivity contribution is 7.99. The van der Waals surface area contributed by atoms with Gasteiger partial charge in [-0.1, -0.05) is 23.9 Å². The summed E-state index contributed by atoms with van der Waals surface area (Å²) in [5.74, 6) is 0. The van der Waals surface area contributed by atoms with Crippen LogP contribution in [-0.2, 0) is 12.8 Å². The fourth-order valence-electron chi connectivity index (χ4n) is 2.33. The predicted octanol–water partition coefficient (Wildman–Crippen LogP) is 3.91. The molecule has 86 valence electrons. The van der Waals surface area contributed by atoms with Gasteiger partial charge in [-0.05, 0) is 60.7 Å². The Morgan fingerprint density at radius 1 is 0.882 bits per heavy atom. The van der Waals surface area contributed by atoms with Crippen molar-refractivity contribution in [2.24, 2.45) is 0 Å². The van der Waals surface area contributed by atoms with Gasteiger partial charge in [0.2, 0.25) is 0 Å². The average Bonchev–Trinajstić information content (AvgIpc) is 2.76. The fourth-order valence-corrected chi connectivity index (χ4v) is 3.28. The van der Waals surface area contributed by atoms with E-state index in [-0.39, 0.29) is 0 Å². The first-order chi connectivity index (χ1) is 8.31. The van der Waals surface area contributed by atoms with Crippen LogP contribution in [0.3, 0.4) is 0 Å². The third-order valence-electron chi connectivity index (χ3n) is 3.16. The van der Waals surface area contributed by atoms with Gasteiger partial charge in [0.05, 0.1) is 0 Å². The van der Waals surface area contributed by atoms with Crippen LogP contribution < -0.4 is 5.73 Å². The molecular weight excluding hydrogens is 226 g/mol. The van der Waals surface area contributed by atoms with Crippen LogP contribution in [0, 0.1) is 0 Å². The zero-order valence-electron chi connectivity index (χ0n) is 9.65. The third-order valence-corrected chi connectivity index (χ3v) is 4.14. The van der Waals surface area contributed by atoms with Crippen LogP contribution in [0.4, 0.5) is 5.69 Å². The van der Waals surface area contributed by atoms with Crippen molar-refractivity contribution < 1.29 is 0 Å². The number of aryl methyl sites for hydroxylation is 2. The molecule has 0 aliphatic heterocycles. The number of hydrogen-bond acceptors (Lipinski definition) is 2. The molecule has 0 saturated carbocycles. The molecule has 0 saturated heterocycles. The molecule has 2 aromatic rings. The van der Waals surface area contributed by atoms with Crippen molar-refractivity contribution in [2.45, 2.75) is 29.1 Å². The van der Waals surface area contributed by atoms with Crippen molar-refractivity contribution in [1.29, 1.82) is 0 Å². The van der Waals surface area contributed by atoms with Crippen molar-refractivity contribution in [2.75, 3.05) is 5.73 Å². The largest absolute Gasteiger partial charge is 0.399 e. The normalized spacial score (nSPS) is 13.6. The molecule has 1 aliphatic carbocycles. The molecule has 0 radical (unpaired) electrons. The lowest BCUT2D eigenvalue weighted by Crippen LogP contribution is -1.85. The molecule has 0 heterocycles. The van der Waals surface area contributed by atoms with E-state index in [9.17, 15) is 0 Å². The summed E-state index contributed by atoms with van der Waals surface area (Å²) in [6.45, 7) is 0. The van der Waals surface area contributed by atoms with E-state index >= 15 is 0 Å². The number of benzene rings is 2. The van der Waals surface area contributed by atoms with Crippen molar-refractivity contribution in [1.82, 2.24) is 0 Å².